The van der Waals surface area contributed by atoms with Gasteiger partial charge in [0.25, 0.3) is 0 Å². The summed E-state index contributed by atoms with van der Waals surface area (Å²) in [6.45, 7) is 1.94. The van der Waals surface area contributed by atoms with E-state index in [4.69, 9.17) is 4.74 Å². The number of aliphatic hydroxyl groups is 1. The molecule has 0 bridgehead atoms. The maximum absolute atomic E-state index is 9.31. The van der Waals surface area contributed by atoms with Crippen LogP contribution >= 0.6 is 31.9 Å². The summed E-state index contributed by atoms with van der Waals surface area (Å²) in [6.07, 6.45) is 0. The summed E-state index contributed by atoms with van der Waals surface area (Å²) >= 11 is 6.82. The zero-order valence-corrected chi connectivity index (χ0v) is 13.0. The second-order valence-corrected chi connectivity index (χ2v) is 5.75. The first-order chi connectivity index (χ1) is 8.60. The number of aliphatic hydroxyl groups excluding tert-OH is 1. The SMILES string of the molecule is Cc1ccc(Br)cc1Oc1cc(Br)ccc1CO. The van der Waals surface area contributed by atoms with Gasteiger partial charge < -0.3 is 9.84 Å². The molecule has 0 atom stereocenters. The number of halogens is 2. The third-order valence-electron chi connectivity index (χ3n) is 2.57. The van der Waals surface area contributed by atoms with Crippen LogP contribution in [0.15, 0.2) is 45.3 Å². The molecule has 0 saturated carbocycles. The highest BCUT2D eigenvalue weighted by Crippen LogP contribution is 2.32. The van der Waals surface area contributed by atoms with Crippen LogP contribution in [0.25, 0.3) is 0 Å². The summed E-state index contributed by atoms with van der Waals surface area (Å²) in [7, 11) is 0. The fourth-order valence-electron chi connectivity index (χ4n) is 1.56. The molecule has 0 saturated heterocycles. The standard InChI is InChI=1S/C14H12Br2O2/c1-9-2-4-11(15)6-13(9)18-14-7-12(16)5-3-10(14)8-17/h2-7,17H,8H2,1H3. The highest BCUT2D eigenvalue weighted by Gasteiger charge is 2.07. The molecule has 4 heteroatoms. The van der Waals surface area contributed by atoms with E-state index in [1.165, 1.54) is 0 Å². The molecule has 2 aromatic rings. The summed E-state index contributed by atoms with van der Waals surface area (Å²) in [5.74, 6) is 1.44. The van der Waals surface area contributed by atoms with Crippen molar-refractivity contribution in [2.45, 2.75) is 13.5 Å². The minimum absolute atomic E-state index is 0.0460. The Balaban J connectivity index is 2.38. The molecular formula is C14H12Br2O2. The monoisotopic (exact) mass is 370 g/mol. The van der Waals surface area contributed by atoms with Crippen molar-refractivity contribution in [2.24, 2.45) is 0 Å². The first-order valence-electron chi connectivity index (χ1n) is 5.43. The molecular weight excluding hydrogens is 360 g/mol. The third-order valence-corrected chi connectivity index (χ3v) is 3.56. The number of hydrogen-bond acceptors (Lipinski definition) is 2. The van der Waals surface area contributed by atoms with Gasteiger partial charge in [-0.2, -0.15) is 0 Å². The molecule has 18 heavy (non-hydrogen) atoms. The maximum Gasteiger partial charge on any atom is 0.134 e. The second-order valence-electron chi connectivity index (χ2n) is 3.92. The maximum atomic E-state index is 9.31. The molecule has 2 nitrogen and oxygen atoms in total. The normalized spacial score (nSPS) is 10.4. The van der Waals surface area contributed by atoms with Crippen LogP contribution in [0.4, 0.5) is 0 Å². The van der Waals surface area contributed by atoms with E-state index in [1.807, 2.05) is 43.3 Å². The van der Waals surface area contributed by atoms with E-state index >= 15 is 0 Å². The summed E-state index contributed by atoms with van der Waals surface area (Å²) in [6, 6.07) is 11.4. The minimum Gasteiger partial charge on any atom is -0.457 e. The molecule has 0 radical (unpaired) electrons. The second kappa shape index (κ2) is 5.87. The fraction of sp³-hybridized carbons (Fsp3) is 0.143. The zero-order chi connectivity index (χ0) is 13.1. The van der Waals surface area contributed by atoms with E-state index in [2.05, 4.69) is 31.9 Å². The predicted molar refractivity (Wildman–Crippen MR) is 79.0 cm³/mol. The van der Waals surface area contributed by atoms with Crippen LogP contribution in [0.3, 0.4) is 0 Å². The molecule has 0 fully saturated rings. The van der Waals surface area contributed by atoms with Gasteiger partial charge in [-0.15, -0.1) is 0 Å². The molecule has 0 aromatic heterocycles. The zero-order valence-electron chi connectivity index (χ0n) is 9.78. The van der Waals surface area contributed by atoms with Gasteiger partial charge >= 0.3 is 0 Å². The lowest BCUT2D eigenvalue weighted by atomic mass is 10.2. The first-order valence-corrected chi connectivity index (χ1v) is 7.02. The molecule has 0 unspecified atom stereocenters. The molecule has 2 rings (SSSR count). The van der Waals surface area contributed by atoms with Crippen LogP contribution in [0.2, 0.25) is 0 Å². The topological polar surface area (TPSA) is 29.5 Å². The quantitative estimate of drug-likeness (QED) is 0.839. The molecule has 0 aliphatic carbocycles. The number of ether oxygens (including phenoxy) is 1. The van der Waals surface area contributed by atoms with Gasteiger partial charge in [0.15, 0.2) is 0 Å². The van der Waals surface area contributed by atoms with Gasteiger partial charge in [-0.3, -0.25) is 0 Å². The summed E-state index contributed by atoms with van der Waals surface area (Å²) in [5, 5.41) is 9.31. The Morgan fingerprint density at radius 1 is 1.00 bits per heavy atom. The van der Waals surface area contributed by atoms with E-state index in [0.29, 0.717) is 5.75 Å². The van der Waals surface area contributed by atoms with E-state index in [9.17, 15) is 5.11 Å². The fourth-order valence-corrected chi connectivity index (χ4v) is 2.24. The van der Waals surface area contributed by atoms with E-state index in [0.717, 1.165) is 25.8 Å². The highest BCUT2D eigenvalue weighted by atomic mass is 79.9. The molecule has 94 valence electrons. The van der Waals surface area contributed by atoms with Gasteiger partial charge in [0.05, 0.1) is 6.61 Å². The first kappa shape index (κ1) is 13.6. The largest absolute Gasteiger partial charge is 0.457 e. The van der Waals surface area contributed by atoms with E-state index in [1.54, 1.807) is 0 Å². The van der Waals surface area contributed by atoms with Gasteiger partial charge in [0.1, 0.15) is 11.5 Å². The lowest BCUT2D eigenvalue weighted by Crippen LogP contribution is -1.93. The van der Waals surface area contributed by atoms with Crippen molar-refractivity contribution in [1.82, 2.24) is 0 Å². The van der Waals surface area contributed by atoms with Gasteiger partial charge in [0.2, 0.25) is 0 Å². The Kier molecular flexibility index (Phi) is 4.43. The Labute approximate surface area is 123 Å². The molecule has 2 aromatic carbocycles. The highest BCUT2D eigenvalue weighted by molar-refractivity contribution is 9.10. The van der Waals surface area contributed by atoms with Gasteiger partial charge in [-0.05, 0) is 36.8 Å². The number of rotatable bonds is 3. The number of hydrogen-bond donors (Lipinski definition) is 1. The summed E-state index contributed by atoms with van der Waals surface area (Å²) in [5.41, 5.74) is 1.81. The van der Waals surface area contributed by atoms with Crippen LogP contribution in [0.1, 0.15) is 11.1 Å². The summed E-state index contributed by atoms with van der Waals surface area (Å²) in [4.78, 5) is 0. The van der Waals surface area contributed by atoms with Crippen molar-refractivity contribution in [1.29, 1.82) is 0 Å². The van der Waals surface area contributed by atoms with Crippen LogP contribution in [0.5, 0.6) is 11.5 Å². The van der Waals surface area contributed by atoms with Crippen LogP contribution in [0, 0.1) is 6.92 Å². The number of benzene rings is 2. The van der Waals surface area contributed by atoms with Crippen molar-refractivity contribution >= 4 is 31.9 Å². The van der Waals surface area contributed by atoms with E-state index < -0.39 is 0 Å². The Hall–Kier alpha value is -0.840. The average molecular weight is 372 g/mol. The molecule has 0 aliphatic heterocycles. The van der Waals surface area contributed by atoms with Gasteiger partial charge in [-0.1, -0.05) is 44.0 Å². The van der Waals surface area contributed by atoms with Crippen molar-refractivity contribution < 1.29 is 9.84 Å². The van der Waals surface area contributed by atoms with Crippen LogP contribution in [-0.4, -0.2) is 5.11 Å². The van der Waals surface area contributed by atoms with Crippen molar-refractivity contribution in [3.8, 4) is 11.5 Å². The molecule has 0 aliphatic rings. The predicted octanol–water partition coefficient (Wildman–Crippen LogP) is 4.80. The Morgan fingerprint density at radius 2 is 1.61 bits per heavy atom. The van der Waals surface area contributed by atoms with Crippen molar-refractivity contribution in [3.05, 3.63) is 56.5 Å². The molecule has 1 N–H and O–H groups in total. The smallest absolute Gasteiger partial charge is 0.134 e. The lowest BCUT2D eigenvalue weighted by Gasteiger charge is -2.12. The number of aryl methyl sites for hydroxylation is 1. The van der Waals surface area contributed by atoms with Crippen LogP contribution < -0.4 is 4.74 Å². The van der Waals surface area contributed by atoms with Crippen molar-refractivity contribution in [2.75, 3.05) is 0 Å². The molecule has 0 amide bonds. The Morgan fingerprint density at radius 3 is 2.28 bits per heavy atom. The Bertz CT molecular complexity index is 568. The van der Waals surface area contributed by atoms with Crippen LogP contribution in [-0.2, 0) is 6.61 Å². The van der Waals surface area contributed by atoms with E-state index in [-0.39, 0.29) is 6.61 Å². The third kappa shape index (κ3) is 3.13. The van der Waals surface area contributed by atoms with Gasteiger partial charge in [-0.25, -0.2) is 0 Å². The summed E-state index contributed by atoms with van der Waals surface area (Å²) < 4.78 is 7.75. The molecule has 0 spiro atoms. The lowest BCUT2D eigenvalue weighted by molar-refractivity contribution is 0.276. The molecule has 0 heterocycles. The van der Waals surface area contributed by atoms with Crippen molar-refractivity contribution in [3.63, 3.8) is 0 Å². The van der Waals surface area contributed by atoms with Gasteiger partial charge in [0, 0.05) is 14.5 Å². The average Bonchev–Trinajstić information content (AvgIpc) is 2.34. The minimum atomic E-state index is -0.0460.